The van der Waals surface area contributed by atoms with Crippen molar-refractivity contribution in [3.8, 4) is 5.69 Å². The smallest absolute Gasteiger partial charge is 0.122 e. The molecule has 18 heavy (non-hydrogen) atoms. The highest BCUT2D eigenvalue weighted by Gasteiger charge is 2.07. The molecule has 0 spiro atoms. The fourth-order valence-corrected chi connectivity index (χ4v) is 1.86. The molecule has 0 amide bonds. The number of benzene rings is 1. The minimum Gasteiger partial charge on any atom is -0.388 e. The molecule has 88 valence electrons. The van der Waals surface area contributed by atoms with E-state index in [-0.39, 0.29) is 4.99 Å². The van der Waals surface area contributed by atoms with Gasteiger partial charge in [-0.2, -0.15) is 0 Å². The number of hydrogen-bond donors (Lipinski definition) is 1. The van der Waals surface area contributed by atoms with Crippen LogP contribution >= 0.6 is 12.2 Å². The fourth-order valence-electron chi connectivity index (χ4n) is 1.75. The van der Waals surface area contributed by atoms with Gasteiger partial charge in [0.25, 0.3) is 0 Å². The second-order valence-electron chi connectivity index (χ2n) is 3.75. The van der Waals surface area contributed by atoms with Gasteiger partial charge in [-0.05, 0) is 24.3 Å². The maximum absolute atomic E-state index is 5.57. The van der Waals surface area contributed by atoms with Crippen molar-refractivity contribution < 1.29 is 0 Å². The van der Waals surface area contributed by atoms with Gasteiger partial charge in [0.2, 0.25) is 0 Å². The summed E-state index contributed by atoms with van der Waals surface area (Å²) in [6, 6.07) is 11.4. The van der Waals surface area contributed by atoms with Crippen molar-refractivity contribution in [2.45, 2.75) is 0 Å². The van der Waals surface area contributed by atoms with Crippen molar-refractivity contribution in [2.75, 3.05) is 0 Å². The van der Waals surface area contributed by atoms with Crippen molar-refractivity contribution >= 4 is 28.2 Å². The predicted octanol–water partition coefficient (Wildman–Crippen LogP) is 1.45. The van der Waals surface area contributed by atoms with Crippen molar-refractivity contribution in [2.24, 2.45) is 5.73 Å². The number of thiocarbonyl (C=S) groups is 1. The van der Waals surface area contributed by atoms with Gasteiger partial charge in [-0.3, -0.25) is 4.98 Å². The molecule has 5 nitrogen and oxygen atoms in total. The number of aromatic nitrogens is 4. The monoisotopic (exact) mass is 255 g/mol. The van der Waals surface area contributed by atoms with E-state index in [0.29, 0.717) is 5.69 Å². The van der Waals surface area contributed by atoms with Crippen LogP contribution < -0.4 is 5.73 Å². The maximum Gasteiger partial charge on any atom is 0.122 e. The van der Waals surface area contributed by atoms with Crippen LogP contribution in [0.4, 0.5) is 0 Å². The first-order chi connectivity index (χ1) is 8.75. The third kappa shape index (κ3) is 1.72. The zero-order valence-electron chi connectivity index (χ0n) is 9.32. The molecule has 0 aliphatic carbocycles. The standard InChI is InChI=1S/C12H9N5S/c13-12(18)10-7-8(5-6-14-10)17-11-4-2-1-3-9(11)15-16-17/h1-7H,(H2,13,18). The number of para-hydroxylation sites is 1. The lowest BCUT2D eigenvalue weighted by atomic mass is 10.3. The molecule has 2 heterocycles. The van der Waals surface area contributed by atoms with E-state index in [2.05, 4.69) is 15.3 Å². The molecular weight excluding hydrogens is 246 g/mol. The molecule has 0 unspecified atom stereocenters. The molecule has 3 rings (SSSR count). The van der Waals surface area contributed by atoms with Gasteiger partial charge in [0, 0.05) is 6.20 Å². The molecule has 0 saturated carbocycles. The number of nitrogens with zero attached hydrogens (tertiary/aromatic N) is 4. The van der Waals surface area contributed by atoms with Crippen LogP contribution in [0.15, 0.2) is 42.6 Å². The zero-order chi connectivity index (χ0) is 12.5. The Bertz CT molecular complexity index is 734. The molecule has 0 atom stereocenters. The third-order valence-corrected chi connectivity index (χ3v) is 2.80. The van der Waals surface area contributed by atoms with E-state index in [9.17, 15) is 0 Å². The van der Waals surface area contributed by atoms with E-state index in [4.69, 9.17) is 18.0 Å². The van der Waals surface area contributed by atoms with Gasteiger partial charge in [0.05, 0.1) is 16.9 Å². The van der Waals surface area contributed by atoms with E-state index >= 15 is 0 Å². The molecule has 1 aromatic carbocycles. The average Bonchev–Trinajstić information content (AvgIpc) is 2.82. The van der Waals surface area contributed by atoms with Crippen LogP contribution in [0, 0.1) is 0 Å². The first-order valence-electron chi connectivity index (χ1n) is 5.32. The Hall–Kier alpha value is -2.34. The minimum atomic E-state index is 0.265. The molecule has 2 aromatic heterocycles. The lowest BCUT2D eigenvalue weighted by molar-refractivity contribution is 0.822. The summed E-state index contributed by atoms with van der Waals surface area (Å²) in [5, 5.41) is 8.22. The maximum atomic E-state index is 5.57. The second-order valence-corrected chi connectivity index (χ2v) is 4.19. The Balaban J connectivity index is 2.20. The summed E-state index contributed by atoms with van der Waals surface area (Å²) in [5.41, 5.74) is 8.75. The summed E-state index contributed by atoms with van der Waals surface area (Å²) in [6.45, 7) is 0. The molecule has 2 N–H and O–H groups in total. The first kappa shape index (κ1) is 10.8. The molecular formula is C12H9N5S. The molecule has 6 heteroatoms. The topological polar surface area (TPSA) is 69.6 Å². The summed E-state index contributed by atoms with van der Waals surface area (Å²) in [4.78, 5) is 4.37. The summed E-state index contributed by atoms with van der Waals surface area (Å²) < 4.78 is 1.73. The van der Waals surface area contributed by atoms with Crippen LogP contribution in [-0.2, 0) is 0 Å². The number of rotatable bonds is 2. The Kier molecular flexibility index (Phi) is 2.49. The number of nitrogens with two attached hydrogens (primary N) is 1. The highest BCUT2D eigenvalue weighted by atomic mass is 32.1. The lowest BCUT2D eigenvalue weighted by Gasteiger charge is -2.03. The van der Waals surface area contributed by atoms with Gasteiger partial charge < -0.3 is 5.73 Å². The molecule has 3 aromatic rings. The molecule has 0 aliphatic rings. The minimum absolute atomic E-state index is 0.265. The van der Waals surface area contributed by atoms with E-state index < -0.39 is 0 Å². The van der Waals surface area contributed by atoms with Crippen LogP contribution in [0.25, 0.3) is 16.7 Å². The van der Waals surface area contributed by atoms with Gasteiger partial charge >= 0.3 is 0 Å². The fraction of sp³-hybridized carbons (Fsp3) is 0. The SMILES string of the molecule is NC(=S)c1cc(-n2nnc3ccccc32)ccn1. The van der Waals surface area contributed by atoms with Crippen LogP contribution in [0.5, 0.6) is 0 Å². The number of hydrogen-bond acceptors (Lipinski definition) is 4. The van der Waals surface area contributed by atoms with Crippen LogP contribution in [0.1, 0.15) is 5.69 Å². The van der Waals surface area contributed by atoms with Gasteiger partial charge in [-0.15, -0.1) is 5.10 Å². The first-order valence-corrected chi connectivity index (χ1v) is 5.73. The van der Waals surface area contributed by atoms with Gasteiger partial charge in [-0.1, -0.05) is 29.6 Å². The van der Waals surface area contributed by atoms with Crippen LogP contribution in [0.3, 0.4) is 0 Å². The third-order valence-electron chi connectivity index (χ3n) is 2.59. The van der Waals surface area contributed by atoms with Gasteiger partial charge in [0.1, 0.15) is 10.5 Å². The summed E-state index contributed by atoms with van der Waals surface area (Å²) in [6.07, 6.45) is 1.65. The van der Waals surface area contributed by atoms with Crippen LogP contribution in [0.2, 0.25) is 0 Å². The van der Waals surface area contributed by atoms with E-state index in [1.54, 1.807) is 16.9 Å². The molecule has 0 radical (unpaired) electrons. The van der Waals surface area contributed by atoms with Crippen molar-refractivity contribution in [1.29, 1.82) is 0 Å². The Morgan fingerprint density at radius 1 is 1.22 bits per heavy atom. The van der Waals surface area contributed by atoms with Crippen LogP contribution in [-0.4, -0.2) is 25.0 Å². The van der Waals surface area contributed by atoms with E-state index in [0.717, 1.165) is 16.7 Å². The largest absolute Gasteiger partial charge is 0.388 e. The van der Waals surface area contributed by atoms with E-state index in [1.807, 2.05) is 30.3 Å². The summed E-state index contributed by atoms with van der Waals surface area (Å²) >= 11 is 4.92. The summed E-state index contributed by atoms with van der Waals surface area (Å²) in [5.74, 6) is 0. The summed E-state index contributed by atoms with van der Waals surface area (Å²) in [7, 11) is 0. The molecule has 0 bridgehead atoms. The van der Waals surface area contributed by atoms with Crippen molar-refractivity contribution in [3.05, 3.63) is 48.3 Å². The number of fused-ring (bicyclic) bond motifs is 1. The molecule has 0 aliphatic heterocycles. The Labute approximate surface area is 108 Å². The van der Waals surface area contributed by atoms with Gasteiger partial charge in [-0.25, -0.2) is 4.68 Å². The van der Waals surface area contributed by atoms with Crippen molar-refractivity contribution in [3.63, 3.8) is 0 Å². The highest BCUT2D eigenvalue weighted by Crippen LogP contribution is 2.15. The normalized spacial score (nSPS) is 10.7. The second kappa shape index (κ2) is 4.15. The molecule has 0 saturated heterocycles. The van der Waals surface area contributed by atoms with Crippen molar-refractivity contribution in [1.82, 2.24) is 20.0 Å². The quantitative estimate of drug-likeness (QED) is 0.702. The van der Waals surface area contributed by atoms with E-state index in [1.165, 1.54) is 0 Å². The predicted molar refractivity (Wildman–Crippen MR) is 72.5 cm³/mol. The lowest BCUT2D eigenvalue weighted by Crippen LogP contribution is -2.12. The highest BCUT2D eigenvalue weighted by molar-refractivity contribution is 7.80. The number of pyridine rings is 1. The Morgan fingerprint density at radius 2 is 2.06 bits per heavy atom. The van der Waals surface area contributed by atoms with Gasteiger partial charge in [0.15, 0.2) is 0 Å². The zero-order valence-corrected chi connectivity index (χ0v) is 10.1. The molecule has 0 fully saturated rings. The Morgan fingerprint density at radius 3 is 2.89 bits per heavy atom. The average molecular weight is 255 g/mol.